The molecule has 1 heterocycles. The molecule has 0 saturated heterocycles. The topological polar surface area (TPSA) is 44.5 Å². The van der Waals surface area contributed by atoms with Crippen LogP contribution < -0.4 is 15.2 Å². The molecule has 3 rings (SSSR count). The summed E-state index contributed by atoms with van der Waals surface area (Å²) in [7, 11) is 0. The monoisotopic (exact) mass is 289 g/mol. The fraction of sp³-hybridized carbons (Fsp3) is 0.667. The predicted molar refractivity (Wildman–Crippen MR) is 84.7 cm³/mol. The molecule has 0 radical (unpaired) electrons. The van der Waals surface area contributed by atoms with Crippen molar-refractivity contribution >= 4 is 0 Å². The van der Waals surface area contributed by atoms with Gasteiger partial charge in [-0.2, -0.15) is 0 Å². The molecule has 2 unspecified atom stereocenters. The minimum atomic E-state index is 0.0968. The first-order chi connectivity index (χ1) is 10.1. The Bertz CT molecular complexity index is 494. The molecule has 0 bridgehead atoms. The minimum Gasteiger partial charge on any atom is -0.489 e. The first kappa shape index (κ1) is 14.7. The Morgan fingerprint density at radius 3 is 2.52 bits per heavy atom. The lowest BCUT2D eigenvalue weighted by atomic mass is 9.74. The normalized spacial score (nSPS) is 25.4. The highest BCUT2D eigenvalue weighted by Gasteiger charge is 2.38. The lowest BCUT2D eigenvalue weighted by molar-refractivity contribution is 0.220. The molecule has 0 amide bonds. The molecule has 0 aromatic heterocycles. The largest absolute Gasteiger partial charge is 0.489 e. The summed E-state index contributed by atoms with van der Waals surface area (Å²) in [6, 6.07) is 6.35. The van der Waals surface area contributed by atoms with Gasteiger partial charge >= 0.3 is 0 Å². The summed E-state index contributed by atoms with van der Waals surface area (Å²) in [5.41, 5.74) is 8.11. The van der Waals surface area contributed by atoms with Crippen molar-refractivity contribution in [3.8, 4) is 11.5 Å². The summed E-state index contributed by atoms with van der Waals surface area (Å²) in [6.07, 6.45) is 6.26. The third-order valence-corrected chi connectivity index (χ3v) is 5.34. The van der Waals surface area contributed by atoms with Crippen LogP contribution in [-0.4, -0.2) is 13.2 Å². The lowest BCUT2D eigenvalue weighted by Crippen LogP contribution is -2.31. The number of hydrogen-bond donors (Lipinski definition) is 1. The second kappa shape index (κ2) is 5.88. The summed E-state index contributed by atoms with van der Waals surface area (Å²) in [5, 5.41) is 0. The minimum absolute atomic E-state index is 0.0968. The van der Waals surface area contributed by atoms with E-state index in [2.05, 4.69) is 26.0 Å². The van der Waals surface area contributed by atoms with Crippen LogP contribution in [0, 0.1) is 11.3 Å². The zero-order valence-corrected chi connectivity index (χ0v) is 13.2. The Balaban J connectivity index is 1.86. The molecule has 0 spiro atoms. The average molecular weight is 289 g/mol. The van der Waals surface area contributed by atoms with Crippen molar-refractivity contribution in [2.45, 2.75) is 52.0 Å². The van der Waals surface area contributed by atoms with Crippen LogP contribution in [0.2, 0.25) is 0 Å². The smallest absolute Gasteiger partial charge is 0.161 e. The van der Waals surface area contributed by atoms with Gasteiger partial charge in [0.2, 0.25) is 0 Å². The Labute approximate surface area is 127 Å². The average Bonchev–Trinajstić information content (AvgIpc) is 2.93. The first-order valence-electron chi connectivity index (χ1n) is 8.30. The number of nitrogens with two attached hydrogens (primary N) is 1. The highest BCUT2D eigenvalue weighted by molar-refractivity contribution is 5.44. The zero-order chi connectivity index (χ0) is 14.9. The van der Waals surface area contributed by atoms with Crippen LogP contribution in [0.25, 0.3) is 0 Å². The molecular weight excluding hydrogens is 262 g/mol. The van der Waals surface area contributed by atoms with E-state index in [1.165, 1.54) is 31.2 Å². The van der Waals surface area contributed by atoms with Crippen LogP contribution in [0.3, 0.4) is 0 Å². The Morgan fingerprint density at radius 2 is 1.86 bits per heavy atom. The number of fused-ring (bicyclic) bond motifs is 1. The van der Waals surface area contributed by atoms with Gasteiger partial charge in [-0.05, 0) is 42.4 Å². The first-order valence-corrected chi connectivity index (χ1v) is 8.30. The van der Waals surface area contributed by atoms with Gasteiger partial charge in [-0.1, -0.05) is 32.8 Å². The van der Waals surface area contributed by atoms with Crippen molar-refractivity contribution < 1.29 is 9.47 Å². The fourth-order valence-corrected chi connectivity index (χ4v) is 3.78. The second-order valence-corrected chi connectivity index (χ2v) is 6.83. The van der Waals surface area contributed by atoms with Crippen molar-refractivity contribution in [2.24, 2.45) is 17.1 Å². The summed E-state index contributed by atoms with van der Waals surface area (Å²) in [4.78, 5) is 0. The van der Waals surface area contributed by atoms with E-state index >= 15 is 0 Å². The van der Waals surface area contributed by atoms with E-state index in [0.29, 0.717) is 12.5 Å². The molecule has 1 aliphatic heterocycles. The molecule has 3 nitrogen and oxygen atoms in total. The number of benzene rings is 1. The maximum atomic E-state index is 6.65. The predicted octanol–water partition coefficient (Wildman–Crippen LogP) is 4.06. The second-order valence-electron chi connectivity index (χ2n) is 6.83. The van der Waals surface area contributed by atoms with Crippen LogP contribution in [0.1, 0.15) is 57.6 Å². The molecule has 116 valence electrons. The van der Waals surface area contributed by atoms with Crippen LogP contribution in [-0.2, 0) is 0 Å². The molecular formula is C18H27NO2. The van der Waals surface area contributed by atoms with E-state index in [-0.39, 0.29) is 11.5 Å². The van der Waals surface area contributed by atoms with Crippen molar-refractivity contribution in [1.82, 2.24) is 0 Å². The van der Waals surface area contributed by atoms with Gasteiger partial charge in [0.1, 0.15) is 0 Å². The number of rotatable bonds is 3. The molecule has 2 atom stereocenters. The van der Waals surface area contributed by atoms with E-state index in [0.717, 1.165) is 24.5 Å². The lowest BCUT2D eigenvalue weighted by Gasteiger charge is -2.35. The molecule has 2 aliphatic rings. The highest BCUT2D eigenvalue weighted by atomic mass is 16.5. The van der Waals surface area contributed by atoms with E-state index in [4.69, 9.17) is 15.2 Å². The fourth-order valence-electron chi connectivity index (χ4n) is 3.78. The van der Waals surface area contributed by atoms with Crippen LogP contribution in [0.4, 0.5) is 0 Å². The van der Waals surface area contributed by atoms with E-state index < -0.39 is 0 Å². The van der Waals surface area contributed by atoms with Gasteiger partial charge in [-0.3, -0.25) is 0 Å². The van der Waals surface area contributed by atoms with Crippen molar-refractivity contribution in [1.29, 1.82) is 0 Å². The van der Waals surface area contributed by atoms with Crippen molar-refractivity contribution in [3.05, 3.63) is 23.8 Å². The number of ether oxygens (including phenoxy) is 2. The molecule has 1 saturated carbocycles. The van der Waals surface area contributed by atoms with Gasteiger partial charge < -0.3 is 15.2 Å². The van der Waals surface area contributed by atoms with Crippen LogP contribution in [0.15, 0.2) is 18.2 Å². The van der Waals surface area contributed by atoms with Gasteiger partial charge in [0, 0.05) is 12.0 Å². The van der Waals surface area contributed by atoms with Gasteiger partial charge in [-0.15, -0.1) is 0 Å². The zero-order valence-electron chi connectivity index (χ0n) is 13.2. The summed E-state index contributed by atoms with van der Waals surface area (Å²) in [6.45, 7) is 5.85. The SMILES string of the molecule is CCC1(C(N)c2ccc3c(c2)OCC(C)CO3)CCCC1. The van der Waals surface area contributed by atoms with Crippen LogP contribution >= 0.6 is 0 Å². The third-order valence-electron chi connectivity index (χ3n) is 5.34. The molecule has 1 aromatic carbocycles. The maximum Gasteiger partial charge on any atom is 0.161 e. The van der Waals surface area contributed by atoms with Gasteiger partial charge in [0.25, 0.3) is 0 Å². The quantitative estimate of drug-likeness (QED) is 0.912. The standard InChI is InChI=1S/C18H27NO2/c1-3-18(8-4-5-9-18)17(19)14-6-7-15-16(10-14)21-12-13(2)11-20-15/h6-7,10,13,17H,3-5,8-9,11-12,19H2,1-2H3. The number of hydrogen-bond acceptors (Lipinski definition) is 3. The van der Waals surface area contributed by atoms with Crippen LogP contribution in [0.5, 0.6) is 11.5 Å². The molecule has 1 aliphatic carbocycles. The van der Waals surface area contributed by atoms with E-state index in [1.807, 2.05) is 6.07 Å². The van der Waals surface area contributed by atoms with Gasteiger partial charge in [-0.25, -0.2) is 0 Å². The van der Waals surface area contributed by atoms with Crippen molar-refractivity contribution in [3.63, 3.8) is 0 Å². The highest BCUT2D eigenvalue weighted by Crippen LogP contribution is 2.49. The maximum absolute atomic E-state index is 6.65. The van der Waals surface area contributed by atoms with E-state index in [1.54, 1.807) is 0 Å². The molecule has 3 heteroatoms. The molecule has 21 heavy (non-hydrogen) atoms. The molecule has 1 aromatic rings. The van der Waals surface area contributed by atoms with Crippen molar-refractivity contribution in [2.75, 3.05) is 13.2 Å². The summed E-state index contributed by atoms with van der Waals surface area (Å²) in [5.74, 6) is 2.13. The summed E-state index contributed by atoms with van der Waals surface area (Å²) < 4.78 is 11.7. The van der Waals surface area contributed by atoms with Gasteiger partial charge in [0.15, 0.2) is 11.5 Å². The Kier molecular flexibility index (Phi) is 4.12. The Hall–Kier alpha value is -1.22. The Morgan fingerprint density at radius 1 is 1.19 bits per heavy atom. The third kappa shape index (κ3) is 2.76. The molecule has 2 N–H and O–H groups in total. The molecule has 1 fully saturated rings. The summed E-state index contributed by atoms with van der Waals surface area (Å²) >= 11 is 0. The van der Waals surface area contributed by atoms with Gasteiger partial charge in [0.05, 0.1) is 13.2 Å². The van der Waals surface area contributed by atoms with E-state index in [9.17, 15) is 0 Å².